The van der Waals surface area contributed by atoms with Crippen LogP contribution in [-0.2, 0) is 9.84 Å². The number of hydrogen-bond acceptors (Lipinski definition) is 7. The molecule has 1 unspecified atom stereocenters. The zero-order valence-electron chi connectivity index (χ0n) is 18.1. The van der Waals surface area contributed by atoms with E-state index in [-0.39, 0.29) is 40.5 Å². The average Bonchev–Trinajstić information content (AvgIpc) is 2.70. The number of halogens is 2. The van der Waals surface area contributed by atoms with Crippen LogP contribution >= 0.6 is 0 Å². The molecule has 0 bridgehead atoms. The summed E-state index contributed by atoms with van der Waals surface area (Å²) in [5.41, 5.74) is 0.196. The molecule has 0 aromatic heterocycles. The molecular formula is C22H25F2N3O5S. The Balaban J connectivity index is 1.89. The van der Waals surface area contributed by atoms with E-state index >= 15 is 0 Å². The lowest BCUT2D eigenvalue weighted by Crippen LogP contribution is -2.63. The Kier molecular flexibility index (Phi) is 7.03. The van der Waals surface area contributed by atoms with Crippen LogP contribution in [0.2, 0.25) is 0 Å². The van der Waals surface area contributed by atoms with Gasteiger partial charge in [-0.2, -0.15) is 8.78 Å². The van der Waals surface area contributed by atoms with Gasteiger partial charge in [0.25, 0.3) is 5.91 Å². The predicted octanol–water partition coefficient (Wildman–Crippen LogP) is 3.09. The fourth-order valence-corrected chi connectivity index (χ4v) is 5.65. The maximum absolute atomic E-state index is 12.7. The lowest BCUT2D eigenvalue weighted by Gasteiger charge is -2.38. The van der Waals surface area contributed by atoms with Crippen molar-refractivity contribution < 1.29 is 31.8 Å². The van der Waals surface area contributed by atoms with Gasteiger partial charge in [-0.3, -0.25) is 4.79 Å². The van der Waals surface area contributed by atoms with Crippen LogP contribution in [0.3, 0.4) is 0 Å². The summed E-state index contributed by atoms with van der Waals surface area (Å²) in [5.74, 6) is -0.870. The van der Waals surface area contributed by atoms with E-state index in [1.807, 2.05) is 0 Å². The van der Waals surface area contributed by atoms with Gasteiger partial charge in [-0.15, -0.1) is 0 Å². The van der Waals surface area contributed by atoms with Gasteiger partial charge in [-0.25, -0.2) is 8.42 Å². The van der Waals surface area contributed by atoms with Crippen LogP contribution < -0.4 is 15.4 Å². The number of aliphatic hydroxyl groups excluding tert-OH is 1. The molecule has 33 heavy (non-hydrogen) atoms. The van der Waals surface area contributed by atoms with E-state index < -0.39 is 34.0 Å². The summed E-state index contributed by atoms with van der Waals surface area (Å²) in [7, 11) is -3.15. The number of nitrogens with one attached hydrogen (secondary N) is 3. The van der Waals surface area contributed by atoms with Crippen molar-refractivity contribution in [2.24, 2.45) is 0 Å². The molecule has 2 aromatic carbocycles. The SMILES string of the molecule is CCC(O)C(=N)c1cc(C(=O)NC2(C)CS(=O)(=O)C2)ccc1Nc1cccc(OC(F)F)c1. The molecule has 8 nitrogen and oxygen atoms in total. The van der Waals surface area contributed by atoms with Crippen molar-refractivity contribution in [1.29, 1.82) is 5.41 Å². The molecule has 2 aromatic rings. The van der Waals surface area contributed by atoms with Crippen LogP contribution in [0.15, 0.2) is 42.5 Å². The quantitative estimate of drug-likeness (QED) is 0.408. The highest BCUT2D eigenvalue weighted by Gasteiger charge is 2.45. The molecule has 0 spiro atoms. The van der Waals surface area contributed by atoms with Gasteiger partial charge in [0.05, 0.1) is 28.9 Å². The molecule has 1 aliphatic heterocycles. The molecule has 1 fully saturated rings. The second-order valence-electron chi connectivity index (χ2n) is 8.18. The molecule has 1 amide bonds. The lowest BCUT2D eigenvalue weighted by atomic mass is 9.98. The second kappa shape index (κ2) is 9.44. The third-order valence-electron chi connectivity index (χ3n) is 5.12. The van der Waals surface area contributed by atoms with Gasteiger partial charge < -0.3 is 25.9 Å². The van der Waals surface area contributed by atoms with Crippen molar-refractivity contribution in [1.82, 2.24) is 5.32 Å². The molecule has 4 N–H and O–H groups in total. The summed E-state index contributed by atoms with van der Waals surface area (Å²) < 4.78 is 52.5. The van der Waals surface area contributed by atoms with Crippen LogP contribution in [0.25, 0.3) is 0 Å². The minimum atomic E-state index is -3.15. The Morgan fingerprint density at radius 1 is 1.24 bits per heavy atom. The largest absolute Gasteiger partial charge is 0.435 e. The maximum Gasteiger partial charge on any atom is 0.387 e. The van der Waals surface area contributed by atoms with E-state index in [0.29, 0.717) is 11.4 Å². The minimum Gasteiger partial charge on any atom is -0.435 e. The second-order valence-corrected chi connectivity index (χ2v) is 10.2. The standard InChI is InChI=1S/C22H25F2N3O5S/c1-3-18(28)19(25)16-9-13(20(29)27-22(2)11-33(30,31)12-22)7-8-17(16)26-14-5-4-6-15(10-14)32-21(23)24/h4-10,18,21,25-26,28H,3,11-12H2,1-2H3,(H,27,29). The van der Waals surface area contributed by atoms with E-state index in [1.165, 1.54) is 36.4 Å². The summed E-state index contributed by atoms with van der Waals surface area (Å²) >= 11 is 0. The molecule has 1 saturated heterocycles. The summed E-state index contributed by atoms with van der Waals surface area (Å²) in [5, 5.41) is 24.3. The minimum absolute atomic E-state index is 0.0556. The topological polar surface area (TPSA) is 129 Å². The van der Waals surface area contributed by atoms with E-state index in [9.17, 15) is 27.1 Å². The molecule has 1 atom stereocenters. The molecule has 3 rings (SSSR count). The van der Waals surface area contributed by atoms with Gasteiger partial charge in [0.15, 0.2) is 9.84 Å². The first-order valence-electron chi connectivity index (χ1n) is 10.2. The summed E-state index contributed by atoms with van der Waals surface area (Å²) in [6.45, 7) is 0.362. The van der Waals surface area contributed by atoms with E-state index in [2.05, 4.69) is 15.4 Å². The number of carbonyl (C=O) groups excluding carboxylic acids is 1. The first-order chi connectivity index (χ1) is 15.4. The fourth-order valence-electron chi connectivity index (χ4n) is 3.65. The number of aliphatic hydroxyl groups is 1. The van der Waals surface area contributed by atoms with Gasteiger partial charge in [-0.05, 0) is 43.7 Å². The van der Waals surface area contributed by atoms with E-state index in [0.717, 1.165) is 0 Å². The van der Waals surface area contributed by atoms with Crippen LogP contribution in [0.5, 0.6) is 5.75 Å². The molecule has 1 aliphatic rings. The Morgan fingerprint density at radius 2 is 1.94 bits per heavy atom. The third kappa shape index (κ3) is 6.05. The molecule has 11 heteroatoms. The predicted molar refractivity (Wildman–Crippen MR) is 120 cm³/mol. The number of anilines is 2. The average molecular weight is 482 g/mol. The number of carbonyl (C=O) groups is 1. The van der Waals surface area contributed by atoms with Crippen LogP contribution in [-0.4, -0.2) is 54.9 Å². The van der Waals surface area contributed by atoms with Crippen molar-refractivity contribution in [2.45, 2.75) is 38.5 Å². The van der Waals surface area contributed by atoms with Crippen LogP contribution in [0, 0.1) is 5.41 Å². The first-order valence-corrected chi connectivity index (χ1v) is 12.0. The van der Waals surface area contributed by atoms with Gasteiger partial charge in [0.2, 0.25) is 0 Å². The summed E-state index contributed by atoms with van der Waals surface area (Å²) in [6.07, 6.45) is -0.825. The lowest BCUT2D eigenvalue weighted by molar-refractivity contribution is -0.0498. The number of hydrogen-bond donors (Lipinski definition) is 4. The van der Waals surface area contributed by atoms with Gasteiger partial charge in [0, 0.05) is 28.6 Å². The molecule has 1 heterocycles. The van der Waals surface area contributed by atoms with Crippen LogP contribution in [0.4, 0.5) is 20.2 Å². The van der Waals surface area contributed by atoms with Crippen molar-refractivity contribution in [2.75, 3.05) is 16.8 Å². The zero-order chi connectivity index (χ0) is 24.4. The number of rotatable bonds is 9. The Hall–Kier alpha value is -3.05. The van der Waals surface area contributed by atoms with E-state index in [4.69, 9.17) is 5.41 Å². The summed E-state index contributed by atoms with van der Waals surface area (Å²) in [6, 6.07) is 10.3. The number of benzene rings is 2. The Labute approximate surface area is 190 Å². The van der Waals surface area contributed by atoms with Crippen molar-refractivity contribution in [3.63, 3.8) is 0 Å². The number of ether oxygens (including phenoxy) is 1. The molecule has 0 saturated carbocycles. The Bertz CT molecular complexity index is 1160. The van der Waals surface area contributed by atoms with Gasteiger partial charge >= 0.3 is 6.61 Å². The van der Waals surface area contributed by atoms with Crippen molar-refractivity contribution in [3.05, 3.63) is 53.6 Å². The first kappa shape index (κ1) is 24.6. The monoisotopic (exact) mass is 481 g/mol. The number of sulfone groups is 1. The number of alkyl halides is 2. The van der Waals surface area contributed by atoms with Crippen molar-refractivity contribution in [3.8, 4) is 5.75 Å². The fraction of sp³-hybridized carbons (Fsp3) is 0.364. The highest BCUT2D eigenvalue weighted by atomic mass is 32.2. The number of amides is 1. The highest BCUT2D eigenvalue weighted by molar-refractivity contribution is 7.93. The molecule has 178 valence electrons. The molecule has 0 radical (unpaired) electrons. The maximum atomic E-state index is 12.7. The normalized spacial score (nSPS) is 17.0. The molecule has 0 aliphatic carbocycles. The van der Waals surface area contributed by atoms with Gasteiger partial charge in [-0.1, -0.05) is 13.0 Å². The summed E-state index contributed by atoms with van der Waals surface area (Å²) in [4.78, 5) is 12.7. The van der Waals surface area contributed by atoms with Crippen molar-refractivity contribution >= 4 is 32.8 Å². The van der Waals surface area contributed by atoms with Gasteiger partial charge in [0.1, 0.15) is 5.75 Å². The molecular weight excluding hydrogens is 456 g/mol. The third-order valence-corrected chi connectivity index (χ3v) is 7.28. The smallest absolute Gasteiger partial charge is 0.387 e. The van der Waals surface area contributed by atoms with Crippen LogP contribution in [0.1, 0.15) is 36.2 Å². The Morgan fingerprint density at radius 3 is 2.55 bits per heavy atom. The zero-order valence-corrected chi connectivity index (χ0v) is 18.9. The van der Waals surface area contributed by atoms with E-state index in [1.54, 1.807) is 19.9 Å². The highest BCUT2D eigenvalue weighted by Crippen LogP contribution is 2.28.